The van der Waals surface area contributed by atoms with E-state index in [4.69, 9.17) is 0 Å². The van der Waals surface area contributed by atoms with Crippen LogP contribution in [0.4, 0.5) is 37.5 Å². The van der Waals surface area contributed by atoms with Crippen LogP contribution in [0.3, 0.4) is 0 Å². The zero-order valence-corrected chi connectivity index (χ0v) is 14.7. The molecule has 138 valence electrons. The molecule has 0 aliphatic heterocycles. The summed E-state index contributed by atoms with van der Waals surface area (Å²) < 4.78 is 26.9. The highest BCUT2D eigenvalue weighted by molar-refractivity contribution is 5.89. The Bertz CT molecular complexity index is 994. The molecule has 0 bridgehead atoms. The Morgan fingerprint density at radius 2 is 1.63 bits per heavy atom. The van der Waals surface area contributed by atoms with Gasteiger partial charge in [0, 0.05) is 30.4 Å². The van der Waals surface area contributed by atoms with Crippen molar-refractivity contribution in [2.45, 2.75) is 13.8 Å². The molecule has 0 aliphatic rings. The van der Waals surface area contributed by atoms with Gasteiger partial charge in [-0.15, -0.1) is 0 Å². The number of anilines is 5. The monoisotopic (exact) mass is 369 g/mol. The predicted octanol–water partition coefficient (Wildman–Crippen LogP) is 4.51. The first kappa shape index (κ1) is 18.2. The third kappa shape index (κ3) is 4.97. The van der Waals surface area contributed by atoms with Crippen LogP contribution in [0.5, 0.6) is 0 Å². The van der Waals surface area contributed by atoms with E-state index in [2.05, 4.69) is 25.9 Å². The molecule has 0 radical (unpaired) electrons. The summed E-state index contributed by atoms with van der Waals surface area (Å²) in [6.45, 7) is 3.13. The lowest BCUT2D eigenvalue weighted by molar-refractivity contribution is -0.114. The Balaban J connectivity index is 1.82. The number of nitrogens with one attached hydrogen (secondary N) is 3. The van der Waals surface area contributed by atoms with Gasteiger partial charge in [-0.25, -0.2) is 18.7 Å². The molecule has 3 aromatic rings. The zero-order chi connectivity index (χ0) is 19.4. The van der Waals surface area contributed by atoms with Gasteiger partial charge >= 0.3 is 0 Å². The SMILES string of the molecule is CC(=O)Nc1cccc(Nc2cc(Nc3ccc(F)cc3F)nc(C)n2)c1. The second-order valence-electron chi connectivity index (χ2n) is 5.82. The summed E-state index contributed by atoms with van der Waals surface area (Å²) in [5.41, 5.74) is 1.45. The minimum Gasteiger partial charge on any atom is -0.340 e. The summed E-state index contributed by atoms with van der Waals surface area (Å²) in [6.07, 6.45) is 0. The number of halogens is 2. The van der Waals surface area contributed by atoms with Gasteiger partial charge in [-0.1, -0.05) is 6.07 Å². The maximum Gasteiger partial charge on any atom is 0.221 e. The van der Waals surface area contributed by atoms with E-state index in [1.54, 1.807) is 31.2 Å². The molecule has 1 aromatic heterocycles. The van der Waals surface area contributed by atoms with Crippen LogP contribution in [0.25, 0.3) is 0 Å². The van der Waals surface area contributed by atoms with Gasteiger partial charge in [0.15, 0.2) is 0 Å². The summed E-state index contributed by atoms with van der Waals surface area (Å²) in [4.78, 5) is 19.7. The quantitative estimate of drug-likeness (QED) is 0.617. The first-order chi connectivity index (χ1) is 12.9. The van der Waals surface area contributed by atoms with E-state index in [-0.39, 0.29) is 11.6 Å². The van der Waals surface area contributed by atoms with Crippen LogP contribution in [-0.2, 0) is 4.79 Å². The number of amides is 1. The van der Waals surface area contributed by atoms with Crippen molar-refractivity contribution in [3.05, 3.63) is 66.0 Å². The second-order valence-corrected chi connectivity index (χ2v) is 5.82. The van der Waals surface area contributed by atoms with Gasteiger partial charge in [0.2, 0.25) is 5.91 Å². The molecule has 0 atom stereocenters. The van der Waals surface area contributed by atoms with Crippen LogP contribution in [-0.4, -0.2) is 15.9 Å². The Morgan fingerprint density at radius 1 is 0.926 bits per heavy atom. The third-order valence-corrected chi connectivity index (χ3v) is 3.49. The fourth-order valence-electron chi connectivity index (χ4n) is 2.45. The zero-order valence-electron chi connectivity index (χ0n) is 14.7. The van der Waals surface area contributed by atoms with Gasteiger partial charge in [0.1, 0.15) is 29.1 Å². The number of rotatable bonds is 5. The highest BCUT2D eigenvalue weighted by Crippen LogP contribution is 2.24. The van der Waals surface area contributed by atoms with E-state index >= 15 is 0 Å². The molecule has 1 heterocycles. The van der Waals surface area contributed by atoms with Crippen LogP contribution in [0, 0.1) is 18.6 Å². The fraction of sp³-hybridized carbons (Fsp3) is 0.105. The number of nitrogens with zero attached hydrogens (tertiary/aromatic N) is 2. The average Bonchev–Trinajstić information content (AvgIpc) is 2.56. The van der Waals surface area contributed by atoms with Crippen molar-refractivity contribution in [1.82, 2.24) is 9.97 Å². The Hall–Kier alpha value is -3.55. The van der Waals surface area contributed by atoms with E-state index in [1.807, 2.05) is 6.07 Å². The molecule has 0 spiro atoms. The highest BCUT2D eigenvalue weighted by atomic mass is 19.1. The van der Waals surface area contributed by atoms with Gasteiger partial charge in [-0.05, 0) is 37.3 Å². The van der Waals surface area contributed by atoms with Crippen molar-refractivity contribution in [3.8, 4) is 0 Å². The Kier molecular flexibility index (Phi) is 5.25. The molecule has 0 unspecified atom stereocenters. The smallest absolute Gasteiger partial charge is 0.221 e. The van der Waals surface area contributed by atoms with Crippen molar-refractivity contribution in [3.63, 3.8) is 0 Å². The highest BCUT2D eigenvalue weighted by Gasteiger charge is 2.08. The minimum atomic E-state index is -0.719. The number of carbonyl (C=O) groups is 1. The van der Waals surface area contributed by atoms with E-state index in [0.29, 0.717) is 28.8 Å². The molecule has 3 N–H and O–H groups in total. The number of benzene rings is 2. The van der Waals surface area contributed by atoms with Gasteiger partial charge in [-0.3, -0.25) is 4.79 Å². The Morgan fingerprint density at radius 3 is 2.33 bits per heavy atom. The number of aryl methyl sites for hydroxylation is 1. The van der Waals surface area contributed by atoms with E-state index in [9.17, 15) is 13.6 Å². The number of hydrogen-bond acceptors (Lipinski definition) is 5. The van der Waals surface area contributed by atoms with Gasteiger partial charge < -0.3 is 16.0 Å². The first-order valence-corrected chi connectivity index (χ1v) is 8.11. The minimum absolute atomic E-state index is 0.105. The van der Waals surface area contributed by atoms with E-state index in [0.717, 1.165) is 12.1 Å². The maximum atomic E-state index is 13.8. The molecule has 27 heavy (non-hydrogen) atoms. The molecule has 3 rings (SSSR count). The van der Waals surface area contributed by atoms with Crippen LogP contribution >= 0.6 is 0 Å². The lowest BCUT2D eigenvalue weighted by atomic mass is 10.2. The fourth-order valence-corrected chi connectivity index (χ4v) is 2.45. The molecule has 6 nitrogen and oxygen atoms in total. The van der Waals surface area contributed by atoms with Crippen molar-refractivity contribution in [2.75, 3.05) is 16.0 Å². The summed E-state index contributed by atoms with van der Waals surface area (Å²) in [7, 11) is 0. The topological polar surface area (TPSA) is 78.9 Å². The molecule has 0 saturated heterocycles. The van der Waals surface area contributed by atoms with Crippen LogP contribution in [0.1, 0.15) is 12.7 Å². The van der Waals surface area contributed by atoms with Gasteiger partial charge in [-0.2, -0.15) is 0 Å². The summed E-state index contributed by atoms with van der Waals surface area (Å²) in [6, 6.07) is 12.0. The number of aromatic nitrogens is 2. The Labute approximate surface area is 154 Å². The van der Waals surface area contributed by atoms with E-state index in [1.165, 1.54) is 13.0 Å². The van der Waals surface area contributed by atoms with Gasteiger partial charge in [0.25, 0.3) is 0 Å². The van der Waals surface area contributed by atoms with Crippen LogP contribution in [0.15, 0.2) is 48.5 Å². The standard InChI is InChI=1S/C19H17F2N5O/c1-11-22-18(25-15-5-3-4-14(9-15)24-12(2)27)10-19(23-11)26-17-7-6-13(20)8-16(17)21/h3-10H,1-2H3,(H,24,27)(H2,22,23,25,26). The normalized spacial score (nSPS) is 10.4. The number of hydrogen-bond donors (Lipinski definition) is 3. The molecular formula is C19H17F2N5O. The molecule has 0 fully saturated rings. The molecule has 2 aromatic carbocycles. The first-order valence-electron chi connectivity index (χ1n) is 8.11. The molecule has 8 heteroatoms. The van der Waals surface area contributed by atoms with Crippen molar-refractivity contribution in [1.29, 1.82) is 0 Å². The van der Waals surface area contributed by atoms with Crippen LogP contribution < -0.4 is 16.0 Å². The average molecular weight is 369 g/mol. The van der Waals surface area contributed by atoms with Crippen molar-refractivity contribution >= 4 is 34.6 Å². The predicted molar refractivity (Wildman–Crippen MR) is 100 cm³/mol. The maximum absolute atomic E-state index is 13.8. The lowest BCUT2D eigenvalue weighted by Gasteiger charge is -2.12. The molecular weight excluding hydrogens is 352 g/mol. The van der Waals surface area contributed by atoms with Crippen molar-refractivity contribution in [2.24, 2.45) is 0 Å². The molecule has 0 aliphatic carbocycles. The number of carbonyl (C=O) groups excluding carboxylic acids is 1. The molecule has 1 amide bonds. The van der Waals surface area contributed by atoms with Gasteiger partial charge in [0.05, 0.1) is 5.69 Å². The second kappa shape index (κ2) is 7.77. The van der Waals surface area contributed by atoms with Crippen molar-refractivity contribution < 1.29 is 13.6 Å². The summed E-state index contributed by atoms with van der Waals surface area (Å²) >= 11 is 0. The third-order valence-electron chi connectivity index (χ3n) is 3.49. The lowest BCUT2D eigenvalue weighted by Crippen LogP contribution is -2.06. The van der Waals surface area contributed by atoms with Crippen LogP contribution in [0.2, 0.25) is 0 Å². The summed E-state index contributed by atoms with van der Waals surface area (Å²) in [5, 5.41) is 8.63. The molecule has 0 saturated carbocycles. The largest absolute Gasteiger partial charge is 0.340 e. The summed E-state index contributed by atoms with van der Waals surface area (Å²) in [5.74, 6) is -0.246. The van der Waals surface area contributed by atoms with E-state index < -0.39 is 11.6 Å².